The van der Waals surface area contributed by atoms with E-state index in [0.717, 1.165) is 122 Å². The number of carbonyl (C=O) groups excluding carboxylic acids is 7. The van der Waals surface area contributed by atoms with Crippen LogP contribution in [0.25, 0.3) is 6.08 Å². The van der Waals surface area contributed by atoms with E-state index in [1.807, 2.05) is 92.7 Å². The molecule has 28 heteroatoms. The molecule has 0 amide bonds. The normalized spacial score (nSPS) is 13.3. The van der Waals surface area contributed by atoms with Crippen molar-refractivity contribution in [3.8, 4) is 69.0 Å². The molecule has 0 aliphatic carbocycles. The molecule has 4 atom stereocenters. The van der Waals surface area contributed by atoms with Crippen molar-refractivity contribution in [3.05, 3.63) is 283 Å². The number of aldehydes is 2. The Kier molecular flexibility index (Phi) is 48.3. The van der Waals surface area contributed by atoms with Gasteiger partial charge in [0.05, 0.1) is 0 Å². The molecule has 0 aromatic heterocycles. The van der Waals surface area contributed by atoms with Crippen LogP contribution in [0.4, 0.5) is 0 Å². The Labute approximate surface area is 794 Å². The summed E-state index contributed by atoms with van der Waals surface area (Å²) >= 11 is 9.93. The number of fused-ring (bicyclic) bond motifs is 1. The van der Waals surface area contributed by atoms with Crippen LogP contribution in [-0.4, -0.2) is 159 Å². The van der Waals surface area contributed by atoms with E-state index in [0.29, 0.717) is 18.4 Å². The van der Waals surface area contributed by atoms with Gasteiger partial charge in [0.25, 0.3) is 0 Å². The standard InChI is InChI=1S/C21H24O2.C21H24O.C15H12O8.C11H14O.C10H12O.C8H8O4.C7H6O4.2C2H5ClO.C2H6O.K.H2O/c1-11-7-14(4)18(15(5)8-11)19(22)21-20(23-21)17-9-12(2)16(6)13(3)10-17;1-13-9-16(4)21(17(5)10-13)20(22)8-7-19-11-14(2)18(6)15(3)12-19;16-6-3-7(17)11-10(4-6)23-15(14(22)13(11)21)5-1-8(18)12(20)9(19)2-5;1-7-5-8(2)11(10(4)12)9(3)6-7;1-7-4-10(6-11)5-8(2)9(7)3;1-4(9)8-6(11)2-5(10)3-7(8)12;8-3-4-1-5(9)7(11)6(10)2-4;2*1-4-2-3;1-2-3;;/h7-10,20-21H,1-6H3;7-12H,1-6H3;1-4,14-20,22H;5-6H,1-4H3;4-6H,1-3H3;2-3,10-12H,1H3;1-3,9-11H;2*2H2,1H3;3H,2H2,1H3;;1H2/q;;;;;;;;;;+1;/p-1/b;8-7+;;;;;;;;;;. The van der Waals surface area contributed by atoms with Crippen LogP contribution < -0.4 is 56.1 Å². The van der Waals surface area contributed by atoms with Gasteiger partial charge in [-0.25, -0.2) is 0 Å². The number of allylic oxidation sites excluding steroid dienone is 1. The summed E-state index contributed by atoms with van der Waals surface area (Å²) in [6.07, 6.45) is 1.49. The van der Waals surface area contributed by atoms with Crippen molar-refractivity contribution in [2.24, 2.45) is 0 Å². The molecule has 2 aliphatic heterocycles. The summed E-state index contributed by atoms with van der Waals surface area (Å²) in [5, 5.41) is 119. The Morgan fingerprint density at radius 2 is 0.717 bits per heavy atom. The summed E-state index contributed by atoms with van der Waals surface area (Å²) < 4.78 is 19.8. The monoisotopic (exact) mass is 1810 g/mol. The number of phenols is 11. The third-order valence-electron chi connectivity index (χ3n) is 19.8. The van der Waals surface area contributed by atoms with Gasteiger partial charge in [0.2, 0.25) is 5.78 Å². The number of carbonyl (C=O) groups is 7. The van der Waals surface area contributed by atoms with E-state index in [1.54, 1.807) is 34.1 Å². The smallest absolute Gasteiger partial charge is 0.870 e. The topological polar surface area (TPSA) is 453 Å². The molecule has 1 saturated heterocycles. The first-order chi connectivity index (χ1) is 58.4. The molecule has 4 unspecified atom stereocenters. The molecular weight excluding hydrogens is 1700 g/mol. The minimum Gasteiger partial charge on any atom is -0.870 e. The summed E-state index contributed by atoms with van der Waals surface area (Å²) in [7, 11) is 3.10. The van der Waals surface area contributed by atoms with Gasteiger partial charge in [-0.15, -0.1) is 0 Å². The molecule has 0 bridgehead atoms. The summed E-state index contributed by atoms with van der Waals surface area (Å²) in [4.78, 5) is 80.1. The van der Waals surface area contributed by atoms with Gasteiger partial charge in [-0.1, -0.05) is 107 Å². The molecule has 678 valence electrons. The third-order valence-corrected chi connectivity index (χ3v) is 20.2. The van der Waals surface area contributed by atoms with Gasteiger partial charge < -0.3 is 90.8 Å². The van der Waals surface area contributed by atoms with Crippen LogP contribution in [-0.2, 0) is 14.2 Å². The molecule has 25 nitrogen and oxygen atoms in total. The number of hydrogen-bond donors (Lipinski definition) is 13. The number of halogens is 2. The van der Waals surface area contributed by atoms with E-state index in [4.69, 9.17) is 68.4 Å². The number of aryl methyl sites for hydroxylation is 15. The average Bonchev–Trinajstić information content (AvgIpc) is 1.75. The van der Waals surface area contributed by atoms with Crippen molar-refractivity contribution < 1.29 is 176 Å². The Bertz CT molecular complexity index is 5210. The van der Waals surface area contributed by atoms with Gasteiger partial charge in [0.1, 0.15) is 76.4 Å². The van der Waals surface area contributed by atoms with E-state index >= 15 is 0 Å². The Morgan fingerprint density at radius 3 is 1.07 bits per heavy atom. The second kappa shape index (κ2) is 53.7. The Morgan fingerprint density at radius 1 is 0.409 bits per heavy atom. The molecule has 1 fully saturated rings. The fourth-order valence-corrected chi connectivity index (χ4v) is 13.5. The van der Waals surface area contributed by atoms with E-state index in [-0.39, 0.29) is 133 Å². The first-order valence-corrected chi connectivity index (χ1v) is 40.2. The minimum absolute atomic E-state index is 0. The molecule has 0 spiro atoms. The molecule has 12 rings (SSSR count). The summed E-state index contributed by atoms with van der Waals surface area (Å²) in [5.41, 5.74) is 26.4. The number of rotatable bonds is 13. The average molecular weight is 1820 g/mol. The first-order valence-electron chi connectivity index (χ1n) is 39.2. The van der Waals surface area contributed by atoms with Crippen molar-refractivity contribution >= 4 is 70.8 Å². The van der Waals surface area contributed by atoms with Crippen molar-refractivity contribution in [3.63, 3.8) is 0 Å². The molecule has 2 aliphatic rings. The molecular formula is C99H117Cl2KO25. The van der Waals surface area contributed by atoms with Crippen LogP contribution in [0.2, 0.25) is 0 Å². The Hall–Kier alpha value is -10.8. The van der Waals surface area contributed by atoms with Crippen LogP contribution in [0, 0.1) is 125 Å². The van der Waals surface area contributed by atoms with Crippen molar-refractivity contribution in [2.75, 3.05) is 33.0 Å². The number of hydrogen-bond acceptors (Lipinski definition) is 25. The van der Waals surface area contributed by atoms with Crippen LogP contribution in [0.1, 0.15) is 222 Å². The molecule has 10 aromatic carbocycles. The summed E-state index contributed by atoms with van der Waals surface area (Å²) in [5.74, 6) is -6.82. The maximum Gasteiger partial charge on any atom is 1.00 e. The fraction of sp³-hybridized carbons (Fsp3) is 0.303. The number of alkyl halides is 2. The van der Waals surface area contributed by atoms with Crippen LogP contribution in [0.15, 0.2) is 127 Å². The quantitative estimate of drug-likeness (QED) is 0.00969. The molecule has 0 saturated carbocycles. The zero-order chi connectivity index (χ0) is 95.2. The van der Waals surface area contributed by atoms with Gasteiger partial charge in [0, 0.05) is 78.5 Å². The van der Waals surface area contributed by atoms with E-state index in [1.165, 1.54) is 73.7 Å². The predicted octanol–water partition coefficient (Wildman–Crippen LogP) is 16.5. The van der Waals surface area contributed by atoms with E-state index in [2.05, 4.69) is 120 Å². The van der Waals surface area contributed by atoms with Gasteiger partial charge in [-0.3, -0.25) is 33.6 Å². The van der Waals surface area contributed by atoms with Gasteiger partial charge >= 0.3 is 51.4 Å². The van der Waals surface area contributed by atoms with Gasteiger partial charge in [0.15, 0.2) is 75.9 Å². The maximum absolute atomic E-state index is 12.9. The zero-order valence-electron chi connectivity index (χ0n) is 76.3. The number of ketones is 5. The van der Waals surface area contributed by atoms with Crippen LogP contribution >= 0.6 is 23.2 Å². The SMILES string of the molecule is CC(=O)c1c(C)cc(C)cc1C.CC(=O)c1c(O)cc(O)cc1O.CCO.COCCl.COCCl.Cc1cc(C)c(C(=O)/C=C/c2cc(C)c(C)c(C)c2)c(C)c1.Cc1cc(C)c(C(=O)C2OC2c2cc(C)c(C)c(C)c2)c(C)c1.Cc1cc(C=O)cc(C)c1C.O=C1c2c(O)cc(O)cc2OC(c2cc(O)c(O)c(O)c2)C1O.O=Cc1cc(O)c(O)c(O)c1.[K+].[OH-]. The largest absolute Gasteiger partial charge is 1.00 e. The molecule has 127 heavy (non-hydrogen) atoms. The second-order valence-electron chi connectivity index (χ2n) is 30.0. The number of ether oxygens (including phenoxy) is 4. The maximum atomic E-state index is 12.9. The predicted molar refractivity (Wildman–Crippen MR) is 488 cm³/mol. The number of phenolic OH excluding ortho intramolecular Hbond substituents is 11. The number of benzene rings is 10. The number of Topliss-reactive ketones (excluding diaryl/α,β-unsaturated/α-hetero) is 4. The molecule has 0 radical (unpaired) electrons. The third kappa shape index (κ3) is 33.4. The summed E-state index contributed by atoms with van der Waals surface area (Å²) in [6.45, 7) is 41.7. The summed E-state index contributed by atoms with van der Waals surface area (Å²) in [6, 6.07) is 33.5. The first kappa shape index (κ1) is 114. The molecule has 14 N–H and O–H groups in total. The number of methoxy groups -OCH3 is 2. The number of aliphatic hydroxyl groups is 2. The van der Waals surface area contributed by atoms with Crippen molar-refractivity contribution in [2.45, 2.75) is 170 Å². The number of aliphatic hydroxyl groups excluding tert-OH is 2. The molecule has 10 aromatic rings. The zero-order valence-corrected chi connectivity index (χ0v) is 80.9. The minimum atomic E-state index is -1.72. The van der Waals surface area contributed by atoms with Crippen LogP contribution in [0.5, 0.6) is 69.0 Å². The number of aromatic hydroxyl groups is 11. The van der Waals surface area contributed by atoms with E-state index < -0.39 is 75.5 Å². The fourth-order valence-electron chi connectivity index (χ4n) is 13.5. The van der Waals surface area contributed by atoms with Gasteiger partial charge in [-0.2, -0.15) is 0 Å². The van der Waals surface area contributed by atoms with Gasteiger partial charge in [-0.05, 0) is 282 Å². The van der Waals surface area contributed by atoms with Crippen molar-refractivity contribution in [1.82, 2.24) is 0 Å². The number of epoxide rings is 1. The van der Waals surface area contributed by atoms with Crippen LogP contribution in [0.3, 0.4) is 0 Å². The second-order valence-corrected chi connectivity index (χ2v) is 30.5. The van der Waals surface area contributed by atoms with Crippen molar-refractivity contribution in [1.29, 1.82) is 0 Å². The molecule has 2 heterocycles. The van der Waals surface area contributed by atoms with E-state index in [9.17, 15) is 64.2 Å². The Balaban J connectivity index is 0.000000739.